The lowest BCUT2D eigenvalue weighted by atomic mass is 9.49. The van der Waals surface area contributed by atoms with Crippen molar-refractivity contribution in [2.45, 2.75) is 50.5 Å². The van der Waals surface area contributed by atoms with E-state index in [1.807, 2.05) is 0 Å². The van der Waals surface area contributed by atoms with Crippen molar-refractivity contribution in [2.24, 2.45) is 23.5 Å². The van der Waals surface area contributed by atoms with Crippen LogP contribution in [0.3, 0.4) is 0 Å². The summed E-state index contributed by atoms with van der Waals surface area (Å²) in [6.45, 7) is 0.494. The Balaban J connectivity index is 1.70. The second kappa shape index (κ2) is 3.77. The zero-order chi connectivity index (χ0) is 12.2. The monoisotopic (exact) mass is 243 g/mol. The van der Waals surface area contributed by atoms with Crippen LogP contribution in [0.1, 0.15) is 49.9 Å². The summed E-state index contributed by atoms with van der Waals surface area (Å²) in [5.74, 6) is 2.90. The Bertz CT molecular complexity index is 416. The van der Waals surface area contributed by atoms with Crippen molar-refractivity contribution in [3.8, 4) is 0 Å². The van der Waals surface area contributed by atoms with Gasteiger partial charge in [-0.3, -0.25) is 0 Å². The smallest absolute Gasteiger partial charge is 0.0767 e. The van der Waals surface area contributed by atoms with Crippen LogP contribution in [0.25, 0.3) is 0 Å². The van der Waals surface area contributed by atoms with E-state index < -0.39 is 0 Å². The molecule has 1 aromatic heterocycles. The van der Waals surface area contributed by atoms with Gasteiger partial charge in [-0.25, -0.2) is 0 Å². The number of nitrogens with zero attached hydrogens (tertiary/aromatic N) is 2. The summed E-state index contributed by atoms with van der Waals surface area (Å²) in [4.78, 5) is 0. The molecule has 1 aromatic rings. The summed E-state index contributed by atoms with van der Waals surface area (Å²) in [5, 5.41) is 8.79. The van der Waals surface area contributed by atoms with Crippen LogP contribution in [0.5, 0.6) is 0 Å². The van der Waals surface area contributed by atoms with Crippen LogP contribution in [0.4, 0.5) is 0 Å². The maximum atomic E-state index is 5.60. The third kappa shape index (κ3) is 1.53. The van der Waals surface area contributed by atoms with E-state index in [0.717, 1.165) is 23.4 Å². The van der Waals surface area contributed by atoms with Gasteiger partial charge in [0.05, 0.1) is 11.4 Å². The molecule has 0 spiro atoms. The van der Waals surface area contributed by atoms with Crippen LogP contribution in [0.2, 0.25) is 0 Å². The van der Waals surface area contributed by atoms with Crippen molar-refractivity contribution in [3.05, 3.63) is 23.5 Å². The van der Waals surface area contributed by atoms with Gasteiger partial charge >= 0.3 is 0 Å². The largest absolute Gasteiger partial charge is 0.325 e. The Morgan fingerprint density at radius 2 is 1.61 bits per heavy atom. The Labute approximate surface area is 108 Å². The molecule has 4 fully saturated rings. The molecule has 5 rings (SSSR count). The van der Waals surface area contributed by atoms with Gasteiger partial charge in [-0.05, 0) is 68.4 Å². The minimum atomic E-state index is 0.370. The molecule has 0 unspecified atom stereocenters. The highest BCUT2D eigenvalue weighted by Gasteiger charge is 2.52. The highest BCUT2D eigenvalue weighted by Crippen LogP contribution is 2.60. The van der Waals surface area contributed by atoms with Gasteiger partial charge in [0, 0.05) is 12.0 Å². The fraction of sp³-hybridized carbons (Fsp3) is 0.733. The molecule has 0 aliphatic heterocycles. The Hall–Kier alpha value is -0.960. The molecule has 96 valence electrons. The molecule has 1 heterocycles. The predicted molar refractivity (Wildman–Crippen MR) is 69.8 cm³/mol. The van der Waals surface area contributed by atoms with Gasteiger partial charge < -0.3 is 5.73 Å². The minimum Gasteiger partial charge on any atom is -0.325 e. The van der Waals surface area contributed by atoms with E-state index >= 15 is 0 Å². The quantitative estimate of drug-likeness (QED) is 0.867. The Morgan fingerprint density at radius 3 is 2.06 bits per heavy atom. The Kier molecular flexibility index (Phi) is 2.28. The zero-order valence-corrected chi connectivity index (χ0v) is 10.8. The predicted octanol–water partition coefficient (Wildman–Crippen LogP) is 2.40. The topological polar surface area (TPSA) is 51.8 Å². The zero-order valence-electron chi connectivity index (χ0n) is 10.8. The van der Waals surface area contributed by atoms with Gasteiger partial charge in [-0.1, -0.05) is 0 Å². The molecule has 3 nitrogen and oxygen atoms in total. The molecule has 0 saturated heterocycles. The Morgan fingerprint density at radius 1 is 1.00 bits per heavy atom. The molecular weight excluding hydrogens is 222 g/mol. The second-order valence-electron chi connectivity index (χ2n) is 6.81. The minimum absolute atomic E-state index is 0.370. The van der Waals surface area contributed by atoms with Gasteiger partial charge in [-0.2, -0.15) is 10.2 Å². The van der Waals surface area contributed by atoms with E-state index in [9.17, 15) is 0 Å². The molecule has 0 amide bonds. The average molecular weight is 243 g/mol. The summed E-state index contributed by atoms with van der Waals surface area (Å²) in [7, 11) is 0. The summed E-state index contributed by atoms with van der Waals surface area (Å²) in [5.41, 5.74) is 8.13. The molecule has 0 aromatic carbocycles. The van der Waals surface area contributed by atoms with Crippen LogP contribution in [-0.2, 0) is 12.0 Å². The molecule has 4 bridgehead atoms. The number of aromatic nitrogens is 2. The average Bonchev–Trinajstić information content (AvgIpc) is 2.37. The molecular formula is C15H21N3. The van der Waals surface area contributed by atoms with Crippen molar-refractivity contribution in [1.29, 1.82) is 0 Å². The van der Waals surface area contributed by atoms with Crippen molar-refractivity contribution < 1.29 is 0 Å². The lowest BCUT2D eigenvalue weighted by Crippen LogP contribution is -2.49. The fourth-order valence-electron chi connectivity index (χ4n) is 5.18. The second-order valence-corrected chi connectivity index (χ2v) is 6.81. The van der Waals surface area contributed by atoms with Crippen molar-refractivity contribution in [2.75, 3.05) is 0 Å². The van der Waals surface area contributed by atoms with E-state index in [-0.39, 0.29) is 0 Å². The van der Waals surface area contributed by atoms with Gasteiger partial charge in [0.1, 0.15) is 0 Å². The maximum Gasteiger partial charge on any atom is 0.0767 e. The first-order chi connectivity index (χ1) is 8.77. The number of hydrogen-bond acceptors (Lipinski definition) is 3. The molecule has 2 N–H and O–H groups in total. The van der Waals surface area contributed by atoms with E-state index in [2.05, 4.69) is 22.3 Å². The first-order valence-corrected chi connectivity index (χ1v) is 7.30. The normalized spacial score (nSPS) is 41.3. The SMILES string of the molecule is NCc1ccc(C23CC4CC(CC(C4)C2)C3)nn1. The van der Waals surface area contributed by atoms with Crippen LogP contribution in [0.15, 0.2) is 12.1 Å². The first-order valence-electron chi connectivity index (χ1n) is 7.30. The summed E-state index contributed by atoms with van der Waals surface area (Å²) < 4.78 is 0. The molecule has 4 saturated carbocycles. The van der Waals surface area contributed by atoms with Crippen molar-refractivity contribution in [3.63, 3.8) is 0 Å². The molecule has 4 aliphatic carbocycles. The van der Waals surface area contributed by atoms with Gasteiger partial charge in [-0.15, -0.1) is 0 Å². The third-order valence-corrected chi connectivity index (χ3v) is 5.51. The lowest BCUT2D eigenvalue weighted by molar-refractivity contribution is -0.00762. The van der Waals surface area contributed by atoms with Gasteiger partial charge in [0.2, 0.25) is 0 Å². The van der Waals surface area contributed by atoms with Crippen molar-refractivity contribution in [1.82, 2.24) is 10.2 Å². The summed E-state index contributed by atoms with van der Waals surface area (Å²) in [6, 6.07) is 4.27. The van der Waals surface area contributed by atoms with Crippen LogP contribution >= 0.6 is 0 Å². The fourth-order valence-corrected chi connectivity index (χ4v) is 5.18. The van der Waals surface area contributed by atoms with Gasteiger partial charge in [0.15, 0.2) is 0 Å². The highest BCUT2D eigenvalue weighted by molar-refractivity contribution is 5.22. The lowest BCUT2D eigenvalue weighted by Gasteiger charge is -2.56. The number of hydrogen-bond donors (Lipinski definition) is 1. The van der Waals surface area contributed by atoms with Crippen LogP contribution in [-0.4, -0.2) is 10.2 Å². The molecule has 4 aliphatic rings. The van der Waals surface area contributed by atoms with E-state index in [1.165, 1.54) is 44.2 Å². The molecule has 0 atom stereocenters. The number of nitrogens with two attached hydrogens (primary N) is 1. The van der Waals surface area contributed by atoms with E-state index in [0.29, 0.717) is 12.0 Å². The molecule has 0 radical (unpaired) electrons. The standard InChI is InChI=1S/C15H21N3/c16-9-13-1-2-14(18-17-13)15-6-10-3-11(7-15)5-12(4-10)8-15/h1-2,10-12H,3-9,16H2. The van der Waals surface area contributed by atoms with E-state index in [4.69, 9.17) is 5.73 Å². The third-order valence-electron chi connectivity index (χ3n) is 5.51. The summed E-state index contributed by atoms with van der Waals surface area (Å²) in [6.07, 6.45) is 8.51. The van der Waals surface area contributed by atoms with Crippen molar-refractivity contribution >= 4 is 0 Å². The first kappa shape index (κ1) is 10.9. The van der Waals surface area contributed by atoms with Crippen LogP contribution in [0, 0.1) is 17.8 Å². The summed E-state index contributed by atoms with van der Waals surface area (Å²) >= 11 is 0. The van der Waals surface area contributed by atoms with Crippen LogP contribution < -0.4 is 5.73 Å². The molecule has 18 heavy (non-hydrogen) atoms. The highest BCUT2D eigenvalue weighted by atomic mass is 15.1. The van der Waals surface area contributed by atoms with Gasteiger partial charge in [0.25, 0.3) is 0 Å². The number of rotatable bonds is 2. The van der Waals surface area contributed by atoms with E-state index in [1.54, 1.807) is 0 Å². The molecule has 3 heteroatoms. The maximum absolute atomic E-state index is 5.60.